The van der Waals surface area contributed by atoms with Gasteiger partial charge >= 0.3 is 6.09 Å². The van der Waals surface area contributed by atoms with Crippen molar-refractivity contribution in [3.05, 3.63) is 29.3 Å². The number of carbonyl (C=O) groups excluding carboxylic acids is 1. The van der Waals surface area contributed by atoms with Gasteiger partial charge in [0.25, 0.3) is 0 Å². The molecular weight excluding hydrogens is 276 g/mol. The number of ether oxygens (including phenoxy) is 1. The van der Waals surface area contributed by atoms with Gasteiger partial charge in [-0.25, -0.2) is 4.79 Å². The normalized spacial score (nSPS) is 17.0. The third kappa shape index (κ3) is 3.43. The van der Waals surface area contributed by atoms with Gasteiger partial charge in [0.05, 0.1) is 0 Å². The Labute approximate surface area is 133 Å². The molecule has 122 valence electrons. The molecular formula is C18H28N2O2. The lowest BCUT2D eigenvalue weighted by atomic mass is 9.79. The lowest BCUT2D eigenvalue weighted by Gasteiger charge is -2.31. The van der Waals surface area contributed by atoms with E-state index in [4.69, 9.17) is 10.5 Å². The summed E-state index contributed by atoms with van der Waals surface area (Å²) in [5, 5.41) is 2.81. The monoisotopic (exact) mass is 304 g/mol. The quantitative estimate of drug-likeness (QED) is 0.883. The van der Waals surface area contributed by atoms with Crippen LogP contribution in [0.4, 0.5) is 10.5 Å². The fraction of sp³-hybridized carbons (Fsp3) is 0.611. The van der Waals surface area contributed by atoms with E-state index in [0.717, 1.165) is 24.1 Å². The van der Waals surface area contributed by atoms with Gasteiger partial charge in [0, 0.05) is 16.6 Å². The van der Waals surface area contributed by atoms with E-state index in [2.05, 4.69) is 31.3 Å². The van der Waals surface area contributed by atoms with E-state index in [1.807, 2.05) is 33.8 Å². The lowest BCUT2D eigenvalue weighted by molar-refractivity contribution is 0.0636. The highest BCUT2D eigenvalue weighted by atomic mass is 16.6. The second-order valence-corrected chi connectivity index (χ2v) is 7.96. The van der Waals surface area contributed by atoms with E-state index in [9.17, 15) is 4.79 Å². The topological polar surface area (TPSA) is 64.3 Å². The Bertz CT molecular complexity index is 576. The zero-order valence-electron chi connectivity index (χ0n) is 14.5. The molecule has 1 amide bonds. The van der Waals surface area contributed by atoms with Crippen LogP contribution >= 0.6 is 0 Å². The van der Waals surface area contributed by atoms with E-state index in [0.29, 0.717) is 0 Å². The first kappa shape index (κ1) is 16.8. The number of amides is 1. The number of anilines is 1. The van der Waals surface area contributed by atoms with Crippen LogP contribution in [-0.2, 0) is 10.2 Å². The van der Waals surface area contributed by atoms with Crippen molar-refractivity contribution in [2.75, 3.05) is 5.32 Å². The average Bonchev–Trinajstić information content (AvgIpc) is 3.09. The van der Waals surface area contributed by atoms with Crippen molar-refractivity contribution in [3.63, 3.8) is 0 Å². The van der Waals surface area contributed by atoms with E-state index < -0.39 is 11.7 Å². The summed E-state index contributed by atoms with van der Waals surface area (Å²) in [5.41, 5.74) is 8.76. The van der Waals surface area contributed by atoms with Gasteiger partial charge < -0.3 is 10.5 Å². The van der Waals surface area contributed by atoms with Crippen molar-refractivity contribution in [2.24, 2.45) is 5.73 Å². The summed E-state index contributed by atoms with van der Waals surface area (Å²) in [4.78, 5) is 11.9. The number of benzene rings is 1. The highest BCUT2D eigenvalue weighted by molar-refractivity contribution is 5.86. The van der Waals surface area contributed by atoms with Crippen molar-refractivity contribution in [3.8, 4) is 0 Å². The predicted molar refractivity (Wildman–Crippen MR) is 90.2 cm³/mol. The molecule has 1 aliphatic rings. The van der Waals surface area contributed by atoms with Gasteiger partial charge in [-0.05, 0) is 71.6 Å². The van der Waals surface area contributed by atoms with Crippen LogP contribution in [0.15, 0.2) is 18.2 Å². The zero-order valence-corrected chi connectivity index (χ0v) is 14.5. The van der Waals surface area contributed by atoms with Crippen molar-refractivity contribution in [1.82, 2.24) is 0 Å². The van der Waals surface area contributed by atoms with Crippen molar-refractivity contribution < 1.29 is 9.53 Å². The first-order valence-electron chi connectivity index (χ1n) is 7.85. The molecule has 0 atom stereocenters. The summed E-state index contributed by atoms with van der Waals surface area (Å²) in [6.07, 6.45) is 1.81. The van der Waals surface area contributed by atoms with Gasteiger partial charge in [0.15, 0.2) is 0 Å². The Morgan fingerprint density at radius 3 is 2.23 bits per heavy atom. The van der Waals surface area contributed by atoms with E-state index in [-0.39, 0.29) is 11.0 Å². The third-order valence-electron chi connectivity index (χ3n) is 4.40. The van der Waals surface area contributed by atoms with Crippen LogP contribution in [-0.4, -0.2) is 17.2 Å². The Kier molecular flexibility index (Phi) is 4.03. The zero-order chi connectivity index (χ0) is 16.8. The molecule has 0 spiro atoms. The minimum atomic E-state index is -0.500. The van der Waals surface area contributed by atoms with Crippen LogP contribution in [0.2, 0.25) is 0 Å². The Hall–Kier alpha value is -1.55. The molecule has 1 aromatic carbocycles. The summed E-state index contributed by atoms with van der Waals surface area (Å²) < 4.78 is 5.29. The van der Waals surface area contributed by atoms with Crippen LogP contribution in [0.25, 0.3) is 0 Å². The third-order valence-corrected chi connectivity index (χ3v) is 4.40. The summed E-state index contributed by atoms with van der Waals surface area (Å²) in [5.74, 6) is 0. The number of rotatable bonds is 3. The molecule has 1 fully saturated rings. The number of hydrogen-bond acceptors (Lipinski definition) is 3. The average molecular weight is 304 g/mol. The standard InChI is InChI=1S/C18H28N2O2/c1-12-11-13(18(9-10-18)17(5,6)19)7-8-14(12)20-15(21)22-16(2,3)4/h7-8,11H,9-10,19H2,1-6H3,(H,20,21). The SMILES string of the molecule is Cc1cc(C2(C(C)(C)N)CC2)ccc1NC(=O)OC(C)(C)C. The summed E-state index contributed by atoms with van der Waals surface area (Å²) in [6.45, 7) is 11.7. The fourth-order valence-corrected chi connectivity index (χ4v) is 2.95. The van der Waals surface area contributed by atoms with Crippen LogP contribution in [0.3, 0.4) is 0 Å². The molecule has 4 nitrogen and oxygen atoms in total. The molecule has 0 unspecified atom stereocenters. The maximum atomic E-state index is 11.9. The molecule has 0 radical (unpaired) electrons. The van der Waals surface area contributed by atoms with Crippen molar-refractivity contribution >= 4 is 11.8 Å². The van der Waals surface area contributed by atoms with Crippen molar-refractivity contribution in [2.45, 2.75) is 70.9 Å². The fourth-order valence-electron chi connectivity index (χ4n) is 2.95. The molecule has 0 aliphatic heterocycles. The van der Waals surface area contributed by atoms with Gasteiger partial charge in [-0.2, -0.15) is 0 Å². The second kappa shape index (κ2) is 5.27. The van der Waals surface area contributed by atoms with Gasteiger partial charge in [-0.1, -0.05) is 12.1 Å². The Morgan fingerprint density at radius 1 is 1.23 bits per heavy atom. The molecule has 0 bridgehead atoms. The molecule has 3 N–H and O–H groups in total. The summed E-state index contributed by atoms with van der Waals surface area (Å²) in [6, 6.07) is 6.15. The molecule has 0 saturated heterocycles. The number of nitrogens with one attached hydrogen (secondary N) is 1. The first-order valence-corrected chi connectivity index (χ1v) is 7.85. The van der Waals surface area contributed by atoms with E-state index in [1.165, 1.54) is 5.56 Å². The van der Waals surface area contributed by atoms with Gasteiger partial charge in [-0.15, -0.1) is 0 Å². The van der Waals surface area contributed by atoms with E-state index in [1.54, 1.807) is 0 Å². The van der Waals surface area contributed by atoms with Gasteiger partial charge in [-0.3, -0.25) is 5.32 Å². The number of nitrogens with two attached hydrogens (primary N) is 1. The lowest BCUT2D eigenvalue weighted by Crippen LogP contribution is -2.45. The predicted octanol–water partition coefficient (Wildman–Crippen LogP) is 4.11. The second-order valence-electron chi connectivity index (χ2n) is 7.96. The maximum Gasteiger partial charge on any atom is 0.412 e. The molecule has 1 saturated carbocycles. The Morgan fingerprint density at radius 2 is 1.82 bits per heavy atom. The maximum absolute atomic E-state index is 11.9. The van der Waals surface area contributed by atoms with Gasteiger partial charge in [0.2, 0.25) is 0 Å². The molecule has 4 heteroatoms. The summed E-state index contributed by atoms with van der Waals surface area (Å²) in [7, 11) is 0. The largest absolute Gasteiger partial charge is 0.444 e. The van der Waals surface area contributed by atoms with Crippen LogP contribution in [0, 0.1) is 6.92 Å². The highest BCUT2D eigenvalue weighted by Gasteiger charge is 2.53. The minimum Gasteiger partial charge on any atom is -0.444 e. The highest BCUT2D eigenvalue weighted by Crippen LogP contribution is 2.55. The smallest absolute Gasteiger partial charge is 0.412 e. The van der Waals surface area contributed by atoms with Crippen molar-refractivity contribution in [1.29, 1.82) is 0 Å². The number of carbonyl (C=O) groups is 1. The van der Waals surface area contributed by atoms with Crippen LogP contribution in [0.1, 0.15) is 58.6 Å². The summed E-state index contributed by atoms with van der Waals surface area (Å²) >= 11 is 0. The van der Waals surface area contributed by atoms with Gasteiger partial charge in [0.1, 0.15) is 5.60 Å². The molecule has 0 aromatic heterocycles. The molecule has 22 heavy (non-hydrogen) atoms. The number of hydrogen-bond donors (Lipinski definition) is 2. The molecule has 1 aromatic rings. The molecule has 2 rings (SSSR count). The van der Waals surface area contributed by atoms with Crippen LogP contribution < -0.4 is 11.1 Å². The molecule has 1 aliphatic carbocycles. The minimum absolute atomic E-state index is 0.0716. The van der Waals surface area contributed by atoms with E-state index >= 15 is 0 Å². The number of aryl methyl sites for hydroxylation is 1. The first-order chi connectivity index (χ1) is 9.95. The Balaban J connectivity index is 2.16. The molecule has 0 heterocycles. The van der Waals surface area contributed by atoms with Crippen LogP contribution in [0.5, 0.6) is 0 Å².